The van der Waals surface area contributed by atoms with E-state index in [1.54, 1.807) is 0 Å². The van der Waals surface area contributed by atoms with Crippen LogP contribution in [0.25, 0.3) is 208 Å². The van der Waals surface area contributed by atoms with Crippen molar-refractivity contribution in [2.45, 2.75) is 0 Å². The number of benzene rings is 21. The summed E-state index contributed by atoms with van der Waals surface area (Å²) in [4.78, 5) is 4.85. The van der Waals surface area contributed by atoms with Crippen LogP contribution in [0.3, 0.4) is 0 Å². The molecule has 0 bridgehead atoms. The van der Waals surface area contributed by atoms with Gasteiger partial charge in [-0.2, -0.15) is 0 Å². The number of hydrogen-bond donors (Lipinski definition) is 0. The predicted molar refractivity (Wildman–Crippen MR) is 514 cm³/mol. The lowest BCUT2D eigenvalue weighted by atomic mass is 9.92. The van der Waals surface area contributed by atoms with Crippen LogP contribution in [0.2, 0.25) is 0 Å². The van der Waals surface area contributed by atoms with Crippen molar-refractivity contribution in [3.63, 3.8) is 0 Å². The number of anilines is 6. The van der Waals surface area contributed by atoms with E-state index in [1.807, 2.05) is 6.07 Å². The molecule has 0 aliphatic heterocycles. The fourth-order valence-corrected chi connectivity index (χ4v) is 19.9. The first kappa shape index (κ1) is 68.9. The number of para-hydroxylation sites is 9. The molecule has 4 aromatic heterocycles. The maximum absolute atomic E-state index is 7.02. The third kappa shape index (κ3) is 10.9. The molecule has 0 atom stereocenters. The summed E-state index contributed by atoms with van der Waals surface area (Å²) in [6.45, 7) is 0. The van der Waals surface area contributed by atoms with Gasteiger partial charge in [0.15, 0.2) is 0 Å². The van der Waals surface area contributed by atoms with Crippen LogP contribution in [0.4, 0.5) is 34.1 Å². The van der Waals surface area contributed by atoms with Gasteiger partial charge in [-0.05, 0) is 215 Å². The number of rotatable bonds is 13. The summed E-state index contributed by atoms with van der Waals surface area (Å²) < 4.78 is 18.5. The van der Waals surface area contributed by atoms with Crippen molar-refractivity contribution in [3.05, 3.63) is 437 Å². The van der Waals surface area contributed by atoms with Gasteiger partial charge in [0, 0.05) is 99.2 Å². The second-order valence-electron chi connectivity index (χ2n) is 32.1. The van der Waals surface area contributed by atoms with Gasteiger partial charge >= 0.3 is 0 Å². The Balaban J connectivity index is 0.613. The summed E-state index contributed by atoms with van der Waals surface area (Å²) in [6.07, 6.45) is 0. The molecule has 25 rings (SSSR count). The minimum Gasteiger partial charge on any atom is -0.455 e. The lowest BCUT2D eigenvalue weighted by molar-refractivity contribution is 0.669. The molecule has 4 heterocycles. The van der Waals surface area contributed by atoms with Gasteiger partial charge in [0.05, 0.1) is 39.1 Å². The molecule has 122 heavy (non-hydrogen) atoms. The van der Waals surface area contributed by atoms with Crippen molar-refractivity contribution < 1.29 is 8.83 Å². The Labute approximate surface area is 702 Å². The molecule has 6 heteroatoms. The van der Waals surface area contributed by atoms with Crippen molar-refractivity contribution >= 4 is 175 Å². The van der Waals surface area contributed by atoms with Crippen LogP contribution >= 0.6 is 0 Å². The van der Waals surface area contributed by atoms with Gasteiger partial charge < -0.3 is 27.8 Å². The van der Waals surface area contributed by atoms with E-state index in [2.05, 4.69) is 450 Å². The van der Waals surface area contributed by atoms with E-state index in [0.29, 0.717) is 0 Å². The summed E-state index contributed by atoms with van der Waals surface area (Å²) in [7, 11) is 0. The molecule has 0 spiro atoms. The third-order valence-electron chi connectivity index (χ3n) is 25.5. The number of nitrogens with zero attached hydrogens (tertiary/aromatic N) is 4. The van der Waals surface area contributed by atoms with Crippen molar-refractivity contribution in [3.8, 4) is 67.0 Å². The molecule has 0 radical (unpaired) electrons. The second-order valence-corrected chi connectivity index (χ2v) is 32.1. The zero-order valence-corrected chi connectivity index (χ0v) is 66.2. The molecule has 25 aromatic rings. The highest BCUT2D eigenvalue weighted by Crippen LogP contribution is 2.50. The van der Waals surface area contributed by atoms with E-state index < -0.39 is 0 Å². The molecule has 0 amide bonds. The topological polar surface area (TPSA) is 42.6 Å². The van der Waals surface area contributed by atoms with E-state index in [4.69, 9.17) is 8.83 Å². The Kier molecular flexibility index (Phi) is 15.6. The monoisotopic (exact) mass is 1550 g/mol. The average molecular weight is 1550 g/mol. The van der Waals surface area contributed by atoms with Crippen molar-refractivity contribution in [2.75, 3.05) is 9.80 Å². The van der Waals surface area contributed by atoms with E-state index in [1.165, 1.54) is 75.9 Å². The second kappa shape index (κ2) is 27.7. The van der Waals surface area contributed by atoms with Gasteiger partial charge in [0.1, 0.15) is 22.3 Å². The average Bonchev–Trinajstić information content (AvgIpc) is 1.60. The Morgan fingerprint density at radius 2 is 0.508 bits per heavy atom. The molecule has 0 fully saturated rings. The molecule has 0 unspecified atom stereocenters. The summed E-state index contributed by atoms with van der Waals surface area (Å²) in [5, 5.41) is 21.2. The summed E-state index contributed by atoms with van der Waals surface area (Å²) in [5.41, 5.74) is 27.6. The lowest BCUT2D eigenvalue weighted by Gasteiger charge is -2.28. The summed E-state index contributed by atoms with van der Waals surface area (Å²) in [6, 6.07) is 160. The summed E-state index contributed by atoms with van der Waals surface area (Å²) >= 11 is 0. The Bertz CT molecular complexity index is 8440. The minimum atomic E-state index is 0.847. The first-order valence-electron chi connectivity index (χ1n) is 41.8. The number of furan rings is 2. The van der Waals surface area contributed by atoms with Crippen molar-refractivity contribution in [1.82, 2.24) is 9.13 Å². The lowest BCUT2D eigenvalue weighted by Crippen LogP contribution is -2.10. The SMILES string of the molecule is c1ccc(-n2c3ccccc3c3ccccc32)c(-c2ccc(N(c3ccc(-c4cc(-c5ccc6cc(N(c7ccc(-c8ccccc8-n8c9ccccc9c9ccccc98)cc7)c7ccc(-c8cccc9c8oc8ccccc89)cc7)c7ccccc7c6c5)cc5c4oc4ccccc45)cc3)c3ccc4c5ccccc5c5ccccc5c4c3)cc2)c1. The maximum Gasteiger partial charge on any atom is 0.143 e. The molecule has 0 N–H and O–H groups in total. The van der Waals surface area contributed by atoms with Crippen LogP contribution in [0, 0.1) is 0 Å². The first-order valence-corrected chi connectivity index (χ1v) is 41.8. The first-order chi connectivity index (χ1) is 60.5. The van der Waals surface area contributed by atoms with Crippen LogP contribution in [0.5, 0.6) is 0 Å². The Morgan fingerprint density at radius 3 is 1.01 bits per heavy atom. The summed E-state index contributed by atoms with van der Waals surface area (Å²) in [5.74, 6) is 0. The quantitative estimate of drug-likeness (QED) is 0.108. The number of aromatic nitrogens is 2. The van der Waals surface area contributed by atoms with Crippen LogP contribution in [0.15, 0.2) is 446 Å². The fraction of sp³-hybridized carbons (Fsp3) is 0. The number of fused-ring (bicyclic) bond motifs is 21. The highest BCUT2D eigenvalue weighted by atomic mass is 16.3. The smallest absolute Gasteiger partial charge is 0.143 e. The molecule has 0 aliphatic rings. The highest BCUT2D eigenvalue weighted by Gasteiger charge is 2.26. The van der Waals surface area contributed by atoms with Crippen LogP contribution < -0.4 is 9.80 Å². The standard InChI is InChI=1S/C116H72N4O2/c1-2-28-90-88(26-1)89-27-3-4-29-91(89)104-72-84(66-67-93(90)104)117(80-58-50-73(51-59-80)85-24-7-15-40-106(85)119-108-42-17-9-32-95(108)96-33-10-18-43-109(96)119)81-60-56-76(57-61-81)103-69-79(70-105-100-37-14-22-47-114(100)122-116(103)105)77-48-49-78-71-112(94-31-6-5-30-92(94)102(78)68-77)118(83-64-54-75(55-65-83)87-38-23-39-101-99-36-13-21-46-113(99)121-115(87)101)82-62-52-74(53-63-82)86-25-8-16-41-107(86)120-110-44-19-11-34-97(110)98-35-12-20-45-111(98)120/h1-72H. The van der Waals surface area contributed by atoms with Crippen molar-refractivity contribution in [2.24, 2.45) is 0 Å². The molecular weight excluding hydrogens is 1480 g/mol. The molecule has 0 saturated carbocycles. The number of hydrogen-bond acceptors (Lipinski definition) is 4. The van der Waals surface area contributed by atoms with Crippen LogP contribution in [0.1, 0.15) is 0 Å². The van der Waals surface area contributed by atoms with Crippen LogP contribution in [-0.2, 0) is 0 Å². The van der Waals surface area contributed by atoms with E-state index in [9.17, 15) is 0 Å². The van der Waals surface area contributed by atoms with Gasteiger partial charge in [-0.25, -0.2) is 0 Å². The fourth-order valence-electron chi connectivity index (χ4n) is 19.9. The Hall–Kier alpha value is -16.3. The van der Waals surface area contributed by atoms with Gasteiger partial charge in [0.25, 0.3) is 0 Å². The predicted octanol–water partition coefficient (Wildman–Crippen LogP) is 32.7. The van der Waals surface area contributed by atoms with E-state index in [-0.39, 0.29) is 0 Å². The van der Waals surface area contributed by atoms with Gasteiger partial charge in [-0.1, -0.05) is 303 Å². The molecular formula is C116H72N4O2. The largest absolute Gasteiger partial charge is 0.455 e. The van der Waals surface area contributed by atoms with Crippen molar-refractivity contribution in [1.29, 1.82) is 0 Å². The van der Waals surface area contributed by atoms with E-state index >= 15 is 0 Å². The van der Waals surface area contributed by atoms with Crippen LogP contribution in [-0.4, -0.2) is 9.13 Å². The third-order valence-corrected chi connectivity index (χ3v) is 25.5. The maximum atomic E-state index is 7.02. The molecule has 21 aromatic carbocycles. The zero-order chi connectivity index (χ0) is 80.0. The van der Waals surface area contributed by atoms with Gasteiger partial charge in [0.2, 0.25) is 0 Å². The normalized spacial score (nSPS) is 11.9. The molecule has 0 saturated heterocycles. The molecule has 568 valence electrons. The molecule has 0 aliphatic carbocycles. The highest BCUT2D eigenvalue weighted by molar-refractivity contribution is 6.26. The zero-order valence-electron chi connectivity index (χ0n) is 66.2. The molecule has 6 nitrogen and oxygen atoms in total. The minimum absolute atomic E-state index is 0.847. The van der Waals surface area contributed by atoms with Gasteiger partial charge in [-0.3, -0.25) is 0 Å². The van der Waals surface area contributed by atoms with E-state index in [0.717, 1.165) is 167 Å². The Morgan fingerprint density at radius 1 is 0.172 bits per heavy atom. The van der Waals surface area contributed by atoms with Gasteiger partial charge in [-0.15, -0.1) is 0 Å².